The number of nitrogens with zero attached hydrogens (tertiary/aromatic N) is 2. The Kier molecular flexibility index (Phi) is 6.14. The summed E-state index contributed by atoms with van der Waals surface area (Å²) in [6.45, 7) is 11.4. The van der Waals surface area contributed by atoms with Crippen LogP contribution in [0, 0.1) is 0 Å². The first kappa shape index (κ1) is 16.1. The molecule has 0 bridgehead atoms. The lowest BCUT2D eigenvalue weighted by Crippen LogP contribution is -2.40. The first-order chi connectivity index (χ1) is 9.63. The van der Waals surface area contributed by atoms with Gasteiger partial charge >= 0.3 is 0 Å². The van der Waals surface area contributed by atoms with E-state index in [1.165, 1.54) is 4.88 Å². The summed E-state index contributed by atoms with van der Waals surface area (Å²) in [6.07, 6.45) is 0. The summed E-state index contributed by atoms with van der Waals surface area (Å²) in [7, 11) is 1.73. The second kappa shape index (κ2) is 7.64. The molecule has 2 atom stereocenters. The fraction of sp³-hybridized carbons (Fsp3) is 0.786. The Morgan fingerprint density at radius 3 is 2.65 bits per heavy atom. The monoisotopic (exact) mass is 315 g/mol. The maximum atomic E-state index is 5.29. The van der Waals surface area contributed by atoms with Crippen LogP contribution in [0.5, 0.6) is 0 Å². The molecule has 2 unspecified atom stereocenters. The molecule has 4 nitrogen and oxygen atoms in total. The highest BCUT2D eigenvalue weighted by Crippen LogP contribution is 2.32. The molecule has 0 amide bonds. The molecule has 1 aromatic rings. The number of anilines is 1. The molecule has 1 aliphatic heterocycles. The number of thioether (sulfide) groups is 1. The van der Waals surface area contributed by atoms with Crippen molar-refractivity contribution in [1.82, 2.24) is 10.3 Å². The third kappa shape index (κ3) is 4.10. The summed E-state index contributed by atoms with van der Waals surface area (Å²) in [4.78, 5) is 8.56. The first-order valence-electron chi connectivity index (χ1n) is 7.22. The van der Waals surface area contributed by atoms with Gasteiger partial charge in [0.15, 0.2) is 5.13 Å². The highest BCUT2D eigenvalue weighted by atomic mass is 32.2. The number of aromatic nitrogens is 1. The predicted octanol–water partition coefficient (Wildman–Crippen LogP) is 2.73. The van der Waals surface area contributed by atoms with Crippen molar-refractivity contribution >= 4 is 28.2 Å². The van der Waals surface area contributed by atoms with E-state index in [9.17, 15) is 0 Å². The van der Waals surface area contributed by atoms with Gasteiger partial charge in [-0.05, 0) is 6.54 Å². The van der Waals surface area contributed by atoms with Crippen molar-refractivity contribution in [3.63, 3.8) is 0 Å². The van der Waals surface area contributed by atoms with Gasteiger partial charge in [0.1, 0.15) is 0 Å². The molecule has 0 spiro atoms. The Balaban J connectivity index is 2.14. The van der Waals surface area contributed by atoms with Crippen molar-refractivity contribution in [1.29, 1.82) is 0 Å². The van der Waals surface area contributed by atoms with E-state index in [2.05, 4.69) is 42.7 Å². The van der Waals surface area contributed by atoms with Crippen LogP contribution in [0.15, 0.2) is 0 Å². The lowest BCUT2D eigenvalue weighted by Gasteiger charge is -2.34. The molecule has 2 heterocycles. The Hall–Kier alpha value is -0.300. The van der Waals surface area contributed by atoms with Gasteiger partial charge in [0, 0.05) is 42.1 Å². The first-order valence-corrected chi connectivity index (χ1v) is 8.98. The minimum Gasteiger partial charge on any atom is -0.378 e. The van der Waals surface area contributed by atoms with Gasteiger partial charge in [-0.1, -0.05) is 20.8 Å². The Bertz CT molecular complexity index is 415. The van der Waals surface area contributed by atoms with Gasteiger partial charge in [-0.25, -0.2) is 4.98 Å². The van der Waals surface area contributed by atoms with Crippen LogP contribution >= 0.6 is 23.1 Å². The highest BCUT2D eigenvalue weighted by Gasteiger charge is 2.25. The minimum atomic E-state index is 0.602. The van der Waals surface area contributed by atoms with Crippen LogP contribution < -0.4 is 10.2 Å². The average Bonchev–Trinajstić information content (AvgIpc) is 2.79. The smallest absolute Gasteiger partial charge is 0.185 e. The second-order valence-corrected chi connectivity index (χ2v) is 8.19. The van der Waals surface area contributed by atoms with Gasteiger partial charge in [0.2, 0.25) is 0 Å². The molecule has 6 heteroatoms. The number of methoxy groups -OCH3 is 1. The zero-order valence-corrected chi connectivity index (χ0v) is 14.4. The van der Waals surface area contributed by atoms with E-state index in [0.29, 0.717) is 17.1 Å². The molecule has 1 saturated heterocycles. The van der Waals surface area contributed by atoms with E-state index in [0.717, 1.165) is 37.0 Å². The molecule has 1 aliphatic rings. The fourth-order valence-corrected chi connectivity index (χ4v) is 4.84. The van der Waals surface area contributed by atoms with Crippen molar-refractivity contribution in [3.8, 4) is 0 Å². The van der Waals surface area contributed by atoms with Crippen LogP contribution in [0.25, 0.3) is 0 Å². The lowest BCUT2D eigenvalue weighted by atomic mass is 10.3. The van der Waals surface area contributed by atoms with Gasteiger partial charge in [-0.3, -0.25) is 0 Å². The van der Waals surface area contributed by atoms with E-state index in [1.54, 1.807) is 7.11 Å². The molecular weight excluding hydrogens is 290 g/mol. The van der Waals surface area contributed by atoms with Crippen LogP contribution in [0.2, 0.25) is 0 Å². The number of thiazole rings is 1. The van der Waals surface area contributed by atoms with Crippen molar-refractivity contribution in [2.75, 3.05) is 31.6 Å². The van der Waals surface area contributed by atoms with Crippen LogP contribution in [0.3, 0.4) is 0 Å². The van der Waals surface area contributed by atoms with Gasteiger partial charge in [0.25, 0.3) is 0 Å². The van der Waals surface area contributed by atoms with E-state index in [1.807, 2.05) is 11.3 Å². The van der Waals surface area contributed by atoms with Crippen molar-refractivity contribution in [2.24, 2.45) is 0 Å². The zero-order chi connectivity index (χ0) is 14.5. The maximum absolute atomic E-state index is 5.29. The number of hydrogen-bond acceptors (Lipinski definition) is 6. The molecule has 1 N–H and O–H groups in total. The van der Waals surface area contributed by atoms with Crippen molar-refractivity contribution < 1.29 is 4.74 Å². The van der Waals surface area contributed by atoms with Crippen molar-refractivity contribution in [2.45, 2.75) is 44.4 Å². The van der Waals surface area contributed by atoms with Crippen LogP contribution in [-0.2, 0) is 17.9 Å². The molecule has 1 fully saturated rings. The van der Waals surface area contributed by atoms with Gasteiger partial charge in [-0.2, -0.15) is 11.8 Å². The number of rotatable bonds is 6. The molecule has 0 radical (unpaired) electrons. The summed E-state index contributed by atoms with van der Waals surface area (Å²) in [5, 5.41) is 5.89. The maximum Gasteiger partial charge on any atom is 0.185 e. The second-order valence-electron chi connectivity index (χ2n) is 5.24. The van der Waals surface area contributed by atoms with Gasteiger partial charge in [-0.15, -0.1) is 11.3 Å². The summed E-state index contributed by atoms with van der Waals surface area (Å²) >= 11 is 3.89. The van der Waals surface area contributed by atoms with E-state index < -0.39 is 0 Å². The summed E-state index contributed by atoms with van der Waals surface area (Å²) in [5.41, 5.74) is 1.09. The molecule has 1 aromatic heterocycles. The lowest BCUT2D eigenvalue weighted by molar-refractivity contribution is 0.181. The topological polar surface area (TPSA) is 37.4 Å². The molecular formula is C14H25N3OS2. The Morgan fingerprint density at radius 2 is 2.05 bits per heavy atom. The standard InChI is InChI=1S/C14H25N3OS2/c1-5-15-6-13-12(9-18-4)16-14(20-13)17-7-10(2)19-11(3)8-17/h10-11,15H,5-9H2,1-4H3. The molecule has 0 aliphatic carbocycles. The fourth-order valence-electron chi connectivity index (χ4n) is 2.47. The number of nitrogens with one attached hydrogen (secondary N) is 1. The number of hydrogen-bond donors (Lipinski definition) is 1. The van der Waals surface area contributed by atoms with Gasteiger partial charge in [0.05, 0.1) is 12.3 Å². The van der Waals surface area contributed by atoms with Crippen molar-refractivity contribution in [3.05, 3.63) is 10.6 Å². The summed E-state index contributed by atoms with van der Waals surface area (Å²) < 4.78 is 5.29. The molecule has 0 saturated carbocycles. The summed E-state index contributed by atoms with van der Waals surface area (Å²) in [5.74, 6) is 0. The Labute approximate surface area is 130 Å². The summed E-state index contributed by atoms with van der Waals surface area (Å²) in [6, 6.07) is 0. The third-order valence-electron chi connectivity index (χ3n) is 3.27. The van der Waals surface area contributed by atoms with Crippen LogP contribution in [0.1, 0.15) is 31.3 Å². The molecule has 20 heavy (non-hydrogen) atoms. The molecule has 114 valence electrons. The van der Waals surface area contributed by atoms with E-state index >= 15 is 0 Å². The zero-order valence-electron chi connectivity index (χ0n) is 12.8. The van der Waals surface area contributed by atoms with E-state index in [-0.39, 0.29) is 0 Å². The Morgan fingerprint density at radius 1 is 1.35 bits per heavy atom. The van der Waals surface area contributed by atoms with Crippen LogP contribution in [0.4, 0.5) is 5.13 Å². The SMILES string of the molecule is CCNCc1sc(N2CC(C)SC(C)C2)nc1COC. The largest absolute Gasteiger partial charge is 0.378 e. The average molecular weight is 316 g/mol. The minimum absolute atomic E-state index is 0.602. The quantitative estimate of drug-likeness (QED) is 0.873. The van der Waals surface area contributed by atoms with Gasteiger partial charge < -0.3 is 15.0 Å². The normalized spacial score (nSPS) is 23.3. The molecule has 2 rings (SSSR count). The molecule has 0 aromatic carbocycles. The number of ether oxygens (including phenoxy) is 1. The predicted molar refractivity (Wildman–Crippen MR) is 88.9 cm³/mol. The van der Waals surface area contributed by atoms with E-state index in [4.69, 9.17) is 9.72 Å². The highest BCUT2D eigenvalue weighted by molar-refractivity contribution is 8.00. The third-order valence-corrected chi connectivity index (χ3v) is 5.66. The van der Waals surface area contributed by atoms with Crippen LogP contribution in [-0.4, -0.2) is 42.2 Å².